The number of aromatic amines is 1. The zero-order valence-electron chi connectivity index (χ0n) is 9.07. The van der Waals surface area contributed by atoms with Gasteiger partial charge in [-0.15, -0.1) is 0 Å². The molecule has 0 unspecified atom stereocenters. The molecule has 0 radical (unpaired) electrons. The Morgan fingerprint density at radius 3 is 3.12 bits per heavy atom. The summed E-state index contributed by atoms with van der Waals surface area (Å²) >= 11 is 3.26. The molecule has 6 nitrogen and oxygen atoms in total. The first-order valence-electron chi connectivity index (χ1n) is 5.01. The van der Waals surface area contributed by atoms with Crippen molar-refractivity contribution < 1.29 is 9.53 Å². The van der Waals surface area contributed by atoms with Crippen molar-refractivity contribution in [3.8, 4) is 0 Å². The van der Waals surface area contributed by atoms with Crippen molar-refractivity contribution >= 4 is 33.1 Å². The lowest BCUT2D eigenvalue weighted by Crippen LogP contribution is -2.23. The second-order valence-electron chi connectivity index (χ2n) is 3.35. The Labute approximate surface area is 105 Å². The number of pyridine rings is 1. The van der Waals surface area contributed by atoms with Crippen LogP contribution in [-0.4, -0.2) is 27.1 Å². The lowest BCUT2D eigenvalue weighted by atomic mass is 10.4. The minimum atomic E-state index is -0.458. The number of hydrogen-bond acceptors (Lipinski definition) is 4. The molecule has 0 aliphatic rings. The predicted octanol–water partition coefficient (Wildman–Crippen LogP) is 1.05. The van der Waals surface area contributed by atoms with Gasteiger partial charge in [0.05, 0.1) is 12.1 Å². The topological polar surface area (TPSA) is 77.0 Å². The van der Waals surface area contributed by atoms with Crippen LogP contribution in [0.1, 0.15) is 6.92 Å². The molecule has 0 aromatic carbocycles. The molecule has 90 valence electrons. The van der Waals surface area contributed by atoms with E-state index in [1.165, 1.54) is 4.57 Å². The average molecular weight is 300 g/mol. The first kappa shape index (κ1) is 11.8. The second-order valence-corrected chi connectivity index (χ2v) is 4.26. The third-order valence-electron chi connectivity index (χ3n) is 2.17. The molecule has 2 aromatic heterocycles. The van der Waals surface area contributed by atoms with Gasteiger partial charge in [0, 0.05) is 10.7 Å². The van der Waals surface area contributed by atoms with Crippen molar-refractivity contribution in [2.75, 3.05) is 6.61 Å². The molecule has 2 aromatic rings. The summed E-state index contributed by atoms with van der Waals surface area (Å²) in [4.78, 5) is 29.7. The van der Waals surface area contributed by atoms with E-state index in [9.17, 15) is 9.59 Å². The molecular formula is C10H10BrN3O3. The summed E-state index contributed by atoms with van der Waals surface area (Å²) in [5.74, 6) is -0.458. The van der Waals surface area contributed by atoms with Crippen molar-refractivity contribution in [3.05, 3.63) is 27.2 Å². The molecule has 1 N–H and O–H groups in total. The lowest BCUT2D eigenvalue weighted by Gasteiger charge is -2.02. The summed E-state index contributed by atoms with van der Waals surface area (Å²) in [5.41, 5.74) is 0.638. The Hall–Kier alpha value is -1.63. The summed E-state index contributed by atoms with van der Waals surface area (Å²) in [5, 5.41) is 0. The minimum Gasteiger partial charge on any atom is -0.465 e. The lowest BCUT2D eigenvalue weighted by molar-refractivity contribution is -0.143. The van der Waals surface area contributed by atoms with Crippen molar-refractivity contribution in [2.45, 2.75) is 13.5 Å². The molecule has 0 aliphatic carbocycles. The monoisotopic (exact) mass is 299 g/mol. The number of imidazole rings is 1. The van der Waals surface area contributed by atoms with Gasteiger partial charge >= 0.3 is 11.7 Å². The molecular weight excluding hydrogens is 290 g/mol. The average Bonchev–Trinajstić information content (AvgIpc) is 2.55. The molecule has 0 fully saturated rings. The molecule has 0 saturated heterocycles. The van der Waals surface area contributed by atoms with E-state index in [1.807, 2.05) is 0 Å². The highest BCUT2D eigenvalue weighted by molar-refractivity contribution is 9.10. The molecule has 0 aliphatic heterocycles. The molecule has 0 spiro atoms. The highest BCUT2D eigenvalue weighted by Crippen LogP contribution is 2.13. The van der Waals surface area contributed by atoms with E-state index < -0.39 is 5.97 Å². The molecule has 0 saturated carbocycles. The SMILES string of the molecule is CCOC(=O)Cn1c(=O)[nH]c2cc(Br)cnc21. The maximum atomic E-state index is 11.6. The number of nitrogens with zero attached hydrogens (tertiary/aromatic N) is 2. The number of ether oxygens (including phenoxy) is 1. The van der Waals surface area contributed by atoms with Crippen molar-refractivity contribution in [2.24, 2.45) is 0 Å². The van der Waals surface area contributed by atoms with Crippen LogP contribution in [0, 0.1) is 0 Å². The van der Waals surface area contributed by atoms with Gasteiger partial charge < -0.3 is 9.72 Å². The summed E-state index contributed by atoms with van der Waals surface area (Å²) in [7, 11) is 0. The molecule has 0 amide bonds. The van der Waals surface area contributed by atoms with Gasteiger partial charge in [0.15, 0.2) is 5.65 Å². The van der Waals surface area contributed by atoms with Crippen molar-refractivity contribution in [3.63, 3.8) is 0 Å². The number of halogens is 1. The number of fused-ring (bicyclic) bond motifs is 1. The van der Waals surface area contributed by atoms with E-state index in [-0.39, 0.29) is 18.8 Å². The van der Waals surface area contributed by atoms with Crippen LogP contribution in [0.25, 0.3) is 11.2 Å². The van der Waals surface area contributed by atoms with Gasteiger partial charge in [-0.25, -0.2) is 9.78 Å². The first-order valence-corrected chi connectivity index (χ1v) is 5.80. The fourth-order valence-corrected chi connectivity index (χ4v) is 1.83. The summed E-state index contributed by atoms with van der Waals surface area (Å²) < 4.78 is 6.80. The van der Waals surface area contributed by atoms with Crippen LogP contribution in [-0.2, 0) is 16.1 Å². The Morgan fingerprint density at radius 2 is 2.41 bits per heavy atom. The van der Waals surface area contributed by atoms with Crippen LogP contribution in [0.5, 0.6) is 0 Å². The van der Waals surface area contributed by atoms with E-state index in [0.717, 1.165) is 4.47 Å². The Balaban J connectivity index is 2.43. The van der Waals surface area contributed by atoms with Gasteiger partial charge in [-0.05, 0) is 28.9 Å². The Bertz CT molecular complexity index is 617. The molecule has 0 bridgehead atoms. The van der Waals surface area contributed by atoms with Crippen LogP contribution < -0.4 is 5.69 Å². The quantitative estimate of drug-likeness (QED) is 0.860. The fraction of sp³-hybridized carbons (Fsp3) is 0.300. The normalized spacial score (nSPS) is 10.7. The number of carbonyl (C=O) groups excluding carboxylic acids is 1. The van der Waals surface area contributed by atoms with Crippen LogP contribution in [0.4, 0.5) is 0 Å². The maximum Gasteiger partial charge on any atom is 0.328 e. The van der Waals surface area contributed by atoms with Crippen LogP contribution in [0.3, 0.4) is 0 Å². The van der Waals surface area contributed by atoms with Crippen LogP contribution >= 0.6 is 15.9 Å². The number of esters is 1. The molecule has 17 heavy (non-hydrogen) atoms. The third kappa shape index (κ3) is 2.38. The van der Waals surface area contributed by atoms with Crippen LogP contribution in [0.2, 0.25) is 0 Å². The largest absolute Gasteiger partial charge is 0.465 e. The molecule has 2 heterocycles. The maximum absolute atomic E-state index is 11.6. The number of H-pyrrole nitrogens is 1. The number of nitrogens with one attached hydrogen (secondary N) is 1. The van der Waals surface area contributed by atoms with Crippen LogP contribution in [0.15, 0.2) is 21.5 Å². The van der Waals surface area contributed by atoms with Gasteiger partial charge in [-0.1, -0.05) is 0 Å². The van der Waals surface area contributed by atoms with Gasteiger partial charge in [0.2, 0.25) is 0 Å². The van der Waals surface area contributed by atoms with E-state index in [0.29, 0.717) is 11.2 Å². The summed E-state index contributed by atoms with van der Waals surface area (Å²) in [6.07, 6.45) is 1.57. The van der Waals surface area contributed by atoms with Crippen molar-refractivity contribution in [1.82, 2.24) is 14.5 Å². The molecule has 2 rings (SSSR count). The molecule has 7 heteroatoms. The highest BCUT2D eigenvalue weighted by Gasteiger charge is 2.12. The minimum absolute atomic E-state index is 0.138. The summed E-state index contributed by atoms with van der Waals surface area (Å²) in [6.45, 7) is 1.86. The third-order valence-corrected chi connectivity index (χ3v) is 2.60. The fourth-order valence-electron chi connectivity index (χ4n) is 1.50. The highest BCUT2D eigenvalue weighted by atomic mass is 79.9. The standard InChI is InChI=1S/C10H10BrN3O3/c1-2-17-8(15)5-14-9-7(13-10(14)16)3-6(11)4-12-9/h3-4H,2,5H2,1H3,(H,13,16). The van der Waals surface area contributed by atoms with Gasteiger partial charge in [0.1, 0.15) is 6.54 Å². The smallest absolute Gasteiger partial charge is 0.328 e. The zero-order chi connectivity index (χ0) is 12.4. The number of hydrogen-bond donors (Lipinski definition) is 1. The van der Waals surface area contributed by atoms with E-state index >= 15 is 0 Å². The summed E-state index contributed by atoms with van der Waals surface area (Å²) in [6, 6.07) is 1.73. The van der Waals surface area contributed by atoms with Crippen molar-refractivity contribution in [1.29, 1.82) is 0 Å². The number of carbonyl (C=O) groups is 1. The van der Waals surface area contributed by atoms with E-state index in [2.05, 4.69) is 25.9 Å². The van der Waals surface area contributed by atoms with E-state index in [1.54, 1.807) is 19.2 Å². The number of aromatic nitrogens is 3. The zero-order valence-corrected chi connectivity index (χ0v) is 10.7. The molecule has 0 atom stereocenters. The second kappa shape index (κ2) is 4.70. The Morgan fingerprint density at radius 1 is 1.65 bits per heavy atom. The Kier molecular flexibility index (Phi) is 3.28. The van der Waals surface area contributed by atoms with Gasteiger partial charge in [-0.3, -0.25) is 9.36 Å². The predicted molar refractivity (Wildman–Crippen MR) is 64.7 cm³/mol. The number of rotatable bonds is 3. The first-order chi connectivity index (χ1) is 8.11. The van der Waals surface area contributed by atoms with Gasteiger partial charge in [-0.2, -0.15) is 0 Å². The van der Waals surface area contributed by atoms with Gasteiger partial charge in [0.25, 0.3) is 0 Å². The van der Waals surface area contributed by atoms with E-state index in [4.69, 9.17) is 4.74 Å².